The van der Waals surface area contributed by atoms with Gasteiger partial charge in [0.25, 0.3) is 0 Å². The van der Waals surface area contributed by atoms with Gasteiger partial charge in [-0.3, -0.25) is 0 Å². The third kappa shape index (κ3) is 9.58. The fraction of sp³-hybridized carbons (Fsp3) is 0.571. The molecular formula is C35H46O19. The summed E-state index contributed by atoms with van der Waals surface area (Å²) >= 11 is 0. The molecule has 0 bridgehead atoms. The summed E-state index contributed by atoms with van der Waals surface area (Å²) in [4.78, 5) is 13.2. The number of aliphatic hydroxyl groups is 7. The summed E-state index contributed by atoms with van der Waals surface area (Å²) in [6.07, 6.45) is -19.9. The summed E-state index contributed by atoms with van der Waals surface area (Å²) in [5, 5.41) is 104. The van der Waals surface area contributed by atoms with Crippen molar-refractivity contribution >= 4 is 12.0 Å². The normalized spacial score (nSPS) is 35.9. The van der Waals surface area contributed by atoms with E-state index in [0.717, 1.165) is 6.08 Å². The van der Waals surface area contributed by atoms with E-state index in [1.165, 1.54) is 56.5 Å². The Morgan fingerprint density at radius 1 is 0.796 bits per heavy atom. The highest BCUT2D eigenvalue weighted by molar-refractivity contribution is 5.87. The molecule has 0 unspecified atom stereocenters. The van der Waals surface area contributed by atoms with Crippen molar-refractivity contribution in [3.05, 3.63) is 53.6 Å². The Hall–Kier alpha value is -3.67. The van der Waals surface area contributed by atoms with Crippen LogP contribution in [0.2, 0.25) is 0 Å². The van der Waals surface area contributed by atoms with Crippen molar-refractivity contribution in [2.24, 2.45) is 0 Å². The molecule has 2 aromatic rings. The zero-order valence-electron chi connectivity index (χ0n) is 29.2. The van der Waals surface area contributed by atoms with Crippen LogP contribution < -0.4 is 4.74 Å². The van der Waals surface area contributed by atoms with Gasteiger partial charge in [0.15, 0.2) is 48.0 Å². The maximum Gasteiger partial charge on any atom is 0.331 e. The predicted octanol–water partition coefficient (Wildman–Crippen LogP) is -2.25. The number of esters is 1. The van der Waals surface area contributed by atoms with Crippen LogP contribution in [-0.2, 0) is 44.4 Å². The van der Waals surface area contributed by atoms with Crippen molar-refractivity contribution in [3.63, 3.8) is 0 Å². The third-order valence-corrected chi connectivity index (χ3v) is 9.20. The highest BCUT2D eigenvalue weighted by Gasteiger charge is 2.54. The largest absolute Gasteiger partial charge is 0.504 e. The summed E-state index contributed by atoms with van der Waals surface area (Å²) in [5.41, 5.74) is 0.985. The number of phenols is 3. The molecule has 5 rings (SSSR count). The molecule has 0 saturated carbocycles. The van der Waals surface area contributed by atoms with E-state index in [-0.39, 0.29) is 36.0 Å². The average Bonchev–Trinajstić information content (AvgIpc) is 3.15. The lowest BCUT2D eigenvalue weighted by molar-refractivity contribution is -0.381. The Morgan fingerprint density at radius 2 is 1.52 bits per heavy atom. The molecule has 3 saturated heterocycles. The topological polar surface area (TPSA) is 293 Å². The van der Waals surface area contributed by atoms with Gasteiger partial charge in [-0.1, -0.05) is 12.1 Å². The summed E-state index contributed by atoms with van der Waals surface area (Å²) in [7, 11) is 1.35. The van der Waals surface area contributed by atoms with Crippen LogP contribution in [0.1, 0.15) is 18.1 Å². The number of benzene rings is 2. The van der Waals surface area contributed by atoms with Crippen LogP contribution in [0.15, 0.2) is 42.5 Å². The quantitative estimate of drug-likeness (QED) is 0.0585. The molecule has 3 heterocycles. The van der Waals surface area contributed by atoms with E-state index in [1.54, 1.807) is 0 Å². The Bertz CT molecular complexity index is 1570. The number of rotatable bonds is 13. The van der Waals surface area contributed by atoms with Gasteiger partial charge in [0.05, 0.1) is 33.0 Å². The van der Waals surface area contributed by atoms with Gasteiger partial charge in [0.1, 0.15) is 54.9 Å². The SMILES string of the molecule is COc1cc(/C=C\C(=O)O[C@H]2[C@H](O[C@@H]3O[C@@H](C)[C@H](O)[C@@H](O)[C@H]3O[C@@H]3OC[C@H](O)[C@@H](O)[C@H]3O)[C@@H](O)[C@H](OCCc3ccc(O)c(O)c3)O[C@@H]2CO)ccc1O. The number of phenolic OH excluding ortho intramolecular Hbond substituents is 3. The van der Waals surface area contributed by atoms with E-state index in [0.29, 0.717) is 11.1 Å². The van der Waals surface area contributed by atoms with E-state index in [4.69, 9.17) is 37.9 Å². The standard InChI is InChI=1S/C35H46O19/c1-15-25(42)27(44)32(54-33-28(45)26(43)21(40)14-49-33)35(50-15)53-31-29(46)34(48-10-9-17-3-6-18(37)20(39)11-17)51-23(13-36)30(31)52-24(41)8-5-16-4-7-19(38)22(12-16)47-2/h3-8,11-12,15,21,23,25-40,42-46H,9-10,13-14H2,1-2H3/b8-5-/t15-,21-,23+,25-,26+,27+,28+,29+,30+,31+,32+,33-,34+,35-/m0/s1. The van der Waals surface area contributed by atoms with Gasteiger partial charge in [-0.05, 0) is 54.8 Å². The molecule has 2 aromatic carbocycles. The first-order valence-electron chi connectivity index (χ1n) is 17.0. The van der Waals surface area contributed by atoms with Gasteiger partial charge in [-0.15, -0.1) is 0 Å². The molecule has 0 radical (unpaired) electrons. The maximum absolute atomic E-state index is 13.2. The smallest absolute Gasteiger partial charge is 0.331 e. The first-order chi connectivity index (χ1) is 25.7. The van der Waals surface area contributed by atoms with Gasteiger partial charge >= 0.3 is 5.97 Å². The van der Waals surface area contributed by atoms with Gasteiger partial charge < -0.3 is 89.0 Å². The summed E-state index contributed by atoms with van der Waals surface area (Å²) in [6.45, 7) is 0.0235. The maximum atomic E-state index is 13.2. The fourth-order valence-electron chi connectivity index (χ4n) is 6.10. The minimum absolute atomic E-state index is 0.126. The van der Waals surface area contributed by atoms with Gasteiger partial charge in [-0.2, -0.15) is 0 Å². The number of hydrogen-bond donors (Lipinski definition) is 10. The molecule has 0 aromatic heterocycles. The molecular weight excluding hydrogens is 724 g/mol. The molecule has 3 aliphatic rings. The predicted molar refractivity (Wildman–Crippen MR) is 179 cm³/mol. The van der Waals surface area contributed by atoms with Crippen molar-refractivity contribution in [2.75, 3.05) is 26.9 Å². The Kier molecular flexibility index (Phi) is 14.1. The van der Waals surface area contributed by atoms with Crippen LogP contribution in [-0.4, -0.2) is 170 Å². The first kappa shape index (κ1) is 41.5. The van der Waals surface area contributed by atoms with Crippen molar-refractivity contribution < 1.29 is 93.8 Å². The second kappa shape index (κ2) is 18.3. The van der Waals surface area contributed by atoms with Crippen LogP contribution in [0, 0.1) is 0 Å². The number of carbonyl (C=O) groups is 1. The Balaban J connectivity index is 1.40. The molecule has 3 aliphatic heterocycles. The van der Waals surface area contributed by atoms with Crippen molar-refractivity contribution in [1.82, 2.24) is 0 Å². The summed E-state index contributed by atoms with van der Waals surface area (Å²) < 4.78 is 45.4. The minimum atomic E-state index is -1.81. The highest BCUT2D eigenvalue weighted by atomic mass is 16.8. The average molecular weight is 771 g/mol. The number of aromatic hydroxyl groups is 3. The minimum Gasteiger partial charge on any atom is -0.504 e. The van der Waals surface area contributed by atoms with Gasteiger partial charge in [0.2, 0.25) is 0 Å². The monoisotopic (exact) mass is 770 g/mol. The zero-order chi connectivity index (χ0) is 39.3. The summed E-state index contributed by atoms with van der Waals surface area (Å²) in [6, 6.07) is 8.41. The second-order valence-electron chi connectivity index (χ2n) is 13.0. The van der Waals surface area contributed by atoms with E-state index in [9.17, 15) is 55.9 Å². The summed E-state index contributed by atoms with van der Waals surface area (Å²) in [5.74, 6) is -1.67. The van der Waals surface area contributed by atoms with Crippen molar-refractivity contribution in [3.8, 4) is 23.0 Å². The second-order valence-corrected chi connectivity index (χ2v) is 13.0. The van der Waals surface area contributed by atoms with Crippen LogP contribution >= 0.6 is 0 Å². The lowest BCUT2D eigenvalue weighted by atomic mass is 9.96. The first-order valence-corrected chi connectivity index (χ1v) is 17.0. The fourth-order valence-corrected chi connectivity index (χ4v) is 6.10. The van der Waals surface area contributed by atoms with Crippen molar-refractivity contribution in [2.45, 2.75) is 99.4 Å². The van der Waals surface area contributed by atoms with E-state index < -0.39 is 105 Å². The molecule has 14 atom stereocenters. The molecule has 300 valence electrons. The van der Waals surface area contributed by atoms with E-state index in [1.807, 2.05) is 0 Å². The van der Waals surface area contributed by atoms with Crippen LogP contribution in [0.4, 0.5) is 0 Å². The Labute approximate surface area is 308 Å². The lowest BCUT2D eigenvalue weighted by Gasteiger charge is -2.48. The molecule has 3 fully saturated rings. The van der Waals surface area contributed by atoms with Crippen LogP contribution in [0.5, 0.6) is 23.0 Å². The molecule has 0 spiro atoms. The molecule has 10 N–H and O–H groups in total. The van der Waals surface area contributed by atoms with Crippen molar-refractivity contribution in [1.29, 1.82) is 0 Å². The molecule has 19 nitrogen and oxygen atoms in total. The molecule has 0 aliphatic carbocycles. The number of aliphatic hydroxyl groups excluding tert-OH is 7. The van der Waals surface area contributed by atoms with E-state index >= 15 is 0 Å². The number of carbonyl (C=O) groups excluding carboxylic acids is 1. The van der Waals surface area contributed by atoms with Gasteiger partial charge in [0, 0.05) is 6.08 Å². The number of methoxy groups -OCH3 is 1. The van der Waals surface area contributed by atoms with Gasteiger partial charge in [-0.25, -0.2) is 4.79 Å². The number of hydrogen-bond acceptors (Lipinski definition) is 19. The third-order valence-electron chi connectivity index (χ3n) is 9.20. The van der Waals surface area contributed by atoms with Crippen LogP contribution in [0.25, 0.3) is 6.08 Å². The zero-order valence-corrected chi connectivity index (χ0v) is 29.2. The highest BCUT2D eigenvalue weighted by Crippen LogP contribution is 2.34. The molecule has 0 amide bonds. The number of ether oxygens (including phenoxy) is 8. The van der Waals surface area contributed by atoms with E-state index in [2.05, 4.69) is 0 Å². The lowest BCUT2D eigenvalue weighted by Crippen LogP contribution is -2.66. The Morgan fingerprint density at radius 3 is 2.22 bits per heavy atom. The molecule has 54 heavy (non-hydrogen) atoms. The van der Waals surface area contributed by atoms with Crippen LogP contribution in [0.3, 0.4) is 0 Å². The molecule has 19 heteroatoms.